The van der Waals surface area contributed by atoms with Crippen molar-refractivity contribution in [1.82, 2.24) is 4.98 Å². The van der Waals surface area contributed by atoms with Crippen molar-refractivity contribution in [2.24, 2.45) is 0 Å². The number of hydrogen-bond acceptors (Lipinski definition) is 4. The molecule has 0 aliphatic carbocycles. The van der Waals surface area contributed by atoms with Gasteiger partial charge in [0, 0.05) is 5.56 Å². The number of hydrogen-bond donors (Lipinski definition) is 1. The zero-order chi connectivity index (χ0) is 14.8. The first kappa shape index (κ1) is 13.9. The molecule has 0 spiro atoms. The Morgan fingerprint density at radius 1 is 1.24 bits per heavy atom. The van der Waals surface area contributed by atoms with Crippen LogP contribution >= 0.6 is 22.9 Å². The molecule has 0 saturated heterocycles. The van der Waals surface area contributed by atoms with Gasteiger partial charge in [0.1, 0.15) is 0 Å². The van der Waals surface area contributed by atoms with Crippen LogP contribution in [-0.2, 0) is 11.2 Å². The maximum absolute atomic E-state index is 11.0. The van der Waals surface area contributed by atoms with Gasteiger partial charge >= 0.3 is 5.97 Å². The van der Waals surface area contributed by atoms with Crippen LogP contribution in [0.3, 0.4) is 0 Å². The molecule has 3 aromatic rings. The minimum absolute atomic E-state index is 0.193. The van der Waals surface area contributed by atoms with Gasteiger partial charge in [-0.15, -0.1) is 11.3 Å². The van der Waals surface area contributed by atoms with Crippen LogP contribution in [0.4, 0.5) is 0 Å². The molecule has 4 nitrogen and oxygen atoms in total. The summed E-state index contributed by atoms with van der Waals surface area (Å²) in [6, 6.07) is 12.9. The summed E-state index contributed by atoms with van der Waals surface area (Å²) in [5.41, 5.74) is 1.21. The Labute approximate surface area is 129 Å². The fraction of sp³-hybridized carbons (Fsp3) is 0.0667. The molecule has 0 aliphatic rings. The fourth-order valence-corrected chi connectivity index (χ4v) is 2.99. The Bertz CT molecular complexity index is 779. The van der Waals surface area contributed by atoms with Gasteiger partial charge in [-0.1, -0.05) is 29.8 Å². The zero-order valence-electron chi connectivity index (χ0n) is 10.7. The Morgan fingerprint density at radius 3 is 2.62 bits per heavy atom. The number of rotatable bonds is 4. The van der Waals surface area contributed by atoms with E-state index in [0.717, 1.165) is 10.4 Å². The molecular weight excluding hydrogens is 310 g/mol. The van der Waals surface area contributed by atoms with Crippen LogP contribution in [0.2, 0.25) is 4.34 Å². The molecule has 0 bridgehead atoms. The van der Waals surface area contributed by atoms with E-state index < -0.39 is 5.97 Å². The molecule has 21 heavy (non-hydrogen) atoms. The van der Waals surface area contributed by atoms with Crippen molar-refractivity contribution in [2.75, 3.05) is 0 Å². The second kappa shape index (κ2) is 5.71. The van der Waals surface area contributed by atoms with E-state index in [1.165, 1.54) is 11.3 Å². The minimum atomic E-state index is -0.952. The number of halogens is 1. The largest absolute Gasteiger partial charge is 0.481 e. The third-order valence-corrected chi connectivity index (χ3v) is 4.06. The second-order valence-corrected chi connectivity index (χ2v) is 6.05. The highest BCUT2D eigenvalue weighted by Gasteiger charge is 2.19. The molecule has 1 aromatic carbocycles. The van der Waals surface area contributed by atoms with Gasteiger partial charge in [0.05, 0.1) is 21.3 Å². The number of nitrogens with zero attached hydrogens (tertiary/aromatic N) is 1. The number of carbonyl (C=O) groups is 1. The molecular formula is C15H10ClNO3S. The number of benzene rings is 1. The highest BCUT2D eigenvalue weighted by atomic mass is 35.5. The number of oxazole rings is 1. The monoisotopic (exact) mass is 319 g/mol. The maximum atomic E-state index is 11.0. The number of thiophene rings is 1. The van der Waals surface area contributed by atoms with E-state index in [4.69, 9.17) is 21.1 Å². The Morgan fingerprint density at radius 2 is 2.00 bits per heavy atom. The van der Waals surface area contributed by atoms with Crippen LogP contribution in [-0.4, -0.2) is 16.1 Å². The third-order valence-electron chi connectivity index (χ3n) is 2.83. The average Bonchev–Trinajstić information content (AvgIpc) is 3.05. The minimum Gasteiger partial charge on any atom is -0.481 e. The predicted octanol–water partition coefficient (Wildman–Crippen LogP) is 4.35. The van der Waals surface area contributed by atoms with E-state index in [2.05, 4.69) is 4.98 Å². The first-order valence-corrected chi connectivity index (χ1v) is 7.35. The first-order chi connectivity index (χ1) is 10.1. The van der Waals surface area contributed by atoms with Crippen molar-refractivity contribution < 1.29 is 14.3 Å². The van der Waals surface area contributed by atoms with E-state index in [-0.39, 0.29) is 6.42 Å². The van der Waals surface area contributed by atoms with Crippen LogP contribution in [0.15, 0.2) is 46.9 Å². The summed E-state index contributed by atoms with van der Waals surface area (Å²) in [4.78, 5) is 16.1. The van der Waals surface area contributed by atoms with Crippen LogP contribution < -0.4 is 0 Å². The lowest BCUT2D eigenvalue weighted by atomic mass is 10.2. The molecule has 0 amide bonds. The number of carboxylic acids is 1. The van der Waals surface area contributed by atoms with E-state index in [1.54, 1.807) is 12.1 Å². The topological polar surface area (TPSA) is 63.3 Å². The van der Waals surface area contributed by atoms with Crippen molar-refractivity contribution in [1.29, 1.82) is 0 Å². The summed E-state index contributed by atoms with van der Waals surface area (Å²) in [7, 11) is 0. The molecule has 106 valence electrons. The van der Waals surface area contributed by atoms with E-state index >= 15 is 0 Å². The quantitative estimate of drug-likeness (QED) is 0.776. The summed E-state index contributed by atoms with van der Waals surface area (Å²) in [6.45, 7) is 0. The lowest BCUT2D eigenvalue weighted by Crippen LogP contribution is -2.01. The molecule has 6 heteroatoms. The average molecular weight is 320 g/mol. The van der Waals surface area contributed by atoms with E-state index in [1.807, 2.05) is 30.3 Å². The van der Waals surface area contributed by atoms with Crippen molar-refractivity contribution in [2.45, 2.75) is 6.42 Å². The highest BCUT2D eigenvalue weighted by molar-refractivity contribution is 7.19. The van der Waals surface area contributed by atoms with E-state index in [0.29, 0.717) is 21.7 Å². The Hall–Kier alpha value is -2.11. The molecule has 2 aromatic heterocycles. The smallest absolute Gasteiger partial charge is 0.309 e. The molecule has 0 atom stereocenters. The van der Waals surface area contributed by atoms with Gasteiger partial charge in [0.15, 0.2) is 5.76 Å². The second-order valence-electron chi connectivity index (χ2n) is 4.34. The zero-order valence-corrected chi connectivity index (χ0v) is 12.3. The van der Waals surface area contributed by atoms with Gasteiger partial charge in [0.25, 0.3) is 0 Å². The van der Waals surface area contributed by atoms with Crippen molar-refractivity contribution in [3.05, 3.63) is 52.5 Å². The first-order valence-electron chi connectivity index (χ1n) is 6.16. The fourth-order valence-electron chi connectivity index (χ4n) is 1.95. The lowest BCUT2D eigenvalue weighted by molar-refractivity contribution is -0.136. The number of aromatic nitrogens is 1. The summed E-state index contributed by atoms with van der Waals surface area (Å²) in [6.07, 6.45) is -0.193. The van der Waals surface area contributed by atoms with Crippen LogP contribution in [0.1, 0.15) is 5.69 Å². The lowest BCUT2D eigenvalue weighted by Gasteiger charge is -1.94. The maximum Gasteiger partial charge on any atom is 0.309 e. The van der Waals surface area contributed by atoms with Gasteiger partial charge in [-0.2, -0.15) is 0 Å². The highest BCUT2D eigenvalue weighted by Crippen LogP contribution is 2.36. The molecule has 0 radical (unpaired) electrons. The Kier molecular flexibility index (Phi) is 3.77. The Balaban J connectivity index is 2.09. The number of carboxylic acid groups (broad SMARTS) is 1. The standard InChI is InChI=1S/C15H10ClNO3S/c16-12-7-6-11(21-12)14-10(8-13(18)19)17-15(20-14)9-4-2-1-3-5-9/h1-7H,8H2,(H,18,19). The molecule has 3 rings (SSSR count). The van der Waals surface area contributed by atoms with Gasteiger partial charge in [-0.25, -0.2) is 4.98 Å². The summed E-state index contributed by atoms with van der Waals surface area (Å²) in [5, 5.41) is 9.02. The van der Waals surface area contributed by atoms with Crippen molar-refractivity contribution in [3.8, 4) is 22.1 Å². The van der Waals surface area contributed by atoms with Gasteiger partial charge < -0.3 is 9.52 Å². The van der Waals surface area contributed by atoms with Crippen LogP contribution in [0, 0.1) is 0 Å². The van der Waals surface area contributed by atoms with Gasteiger partial charge in [-0.05, 0) is 24.3 Å². The molecule has 2 heterocycles. The third kappa shape index (κ3) is 2.99. The van der Waals surface area contributed by atoms with Crippen molar-refractivity contribution >= 4 is 28.9 Å². The summed E-state index contributed by atoms with van der Waals surface area (Å²) in [5.74, 6) is -0.0775. The van der Waals surface area contributed by atoms with Crippen molar-refractivity contribution in [3.63, 3.8) is 0 Å². The summed E-state index contributed by atoms with van der Waals surface area (Å²) >= 11 is 7.26. The number of aliphatic carboxylic acids is 1. The van der Waals surface area contributed by atoms with Crippen LogP contribution in [0.25, 0.3) is 22.1 Å². The SMILES string of the molecule is O=C(O)Cc1nc(-c2ccccc2)oc1-c1ccc(Cl)s1. The molecule has 1 N–H and O–H groups in total. The van der Waals surface area contributed by atoms with Crippen LogP contribution in [0.5, 0.6) is 0 Å². The molecule has 0 aliphatic heterocycles. The predicted molar refractivity (Wildman–Crippen MR) is 81.6 cm³/mol. The van der Waals surface area contributed by atoms with E-state index in [9.17, 15) is 4.79 Å². The molecule has 0 fully saturated rings. The summed E-state index contributed by atoms with van der Waals surface area (Å²) < 4.78 is 6.39. The molecule has 0 saturated carbocycles. The molecule has 0 unspecified atom stereocenters. The van der Waals surface area contributed by atoms with Gasteiger partial charge in [0.2, 0.25) is 5.89 Å². The van der Waals surface area contributed by atoms with Gasteiger partial charge in [-0.3, -0.25) is 4.79 Å². The normalized spacial score (nSPS) is 10.7.